The molecule has 0 fully saturated rings. The zero-order valence-corrected chi connectivity index (χ0v) is 17.7. The molecule has 3 rings (SSSR count). The standard InChI is InChI=1S/C20H15O4S.Y/c1-13-9-17(24-12-20(22)23)14(6-4-8-21)10-16(13)19-11-15-5-2-3-7-18(15)25-19;/h2-7,9-11H,12H2,1H3,(H,22,23);/q-1;/b6-4+;. The second kappa shape index (κ2) is 9.22. The Hall–Kier alpha value is -1.82. The molecule has 1 aromatic heterocycles. The number of carboxylic acids is 1. The summed E-state index contributed by atoms with van der Waals surface area (Å²) in [5, 5.41) is 9.99. The molecule has 0 aliphatic heterocycles. The van der Waals surface area contributed by atoms with Crippen molar-refractivity contribution in [3.63, 3.8) is 0 Å². The monoisotopic (exact) mass is 440 g/mol. The van der Waals surface area contributed by atoms with E-state index < -0.39 is 12.6 Å². The molecule has 3 aromatic rings. The number of fused-ring (bicyclic) bond motifs is 1. The van der Waals surface area contributed by atoms with Gasteiger partial charge in [0.1, 0.15) is 5.75 Å². The average molecular weight is 440 g/mol. The first-order valence-electron chi connectivity index (χ1n) is 7.61. The molecule has 26 heavy (non-hydrogen) atoms. The fourth-order valence-electron chi connectivity index (χ4n) is 2.60. The smallest absolute Gasteiger partial charge is 0.341 e. The molecule has 6 heteroatoms. The number of benzene rings is 2. The van der Waals surface area contributed by atoms with Crippen LogP contribution in [0.4, 0.5) is 0 Å². The number of rotatable bonds is 6. The summed E-state index contributed by atoms with van der Waals surface area (Å²) in [5.41, 5.74) is 2.64. The molecule has 2 aromatic carbocycles. The first-order valence-corrected chi connectivity index (χ1v) is 8.42. The van der Waals surface area contributed by atoms with Gasteiger partial charge in [-0.05, 0) is 47.9 Å². The number of carboxylic acid groups (broad SMARTS) is 1. The Bertz CT molecular complexity index is 942. The second-order valence-electron chi connectivity index (χ2n) is 5.49. The molecule has 0 saturated heterocycles. The summed E-state index contributed by atoms with van der Waals surface area (Å²) in [6.45, 7) is 1.51. The maximum absolute atomic E-state index is 10.8. The SMILES string of the molecule is Cc1cc(OCC(=O)O)c(/C=C/[C-]=O)cc1-c1cc2ccccc2s1.[Y]. The normalized spacial score (nSPS) is 10.7. The van der Waals surface area contributed by atoms with E-state index >= 15 is 0 Å². The van der Waals surface area contributed by atoms with Gasteiger partial charge in [0, 0.05) is 42.3 Å². The van der Waals surface area contributed by atoms with Crippen molar-refractivity contribution in [1.29, 1.82) is 0 Å². The predicted molar refractivity (Wildman–Crippen MR) is 99.9 cm³/mol. The Balaban J connectivity index is 0.00000243. The van der Waals surface area contributed by atoms with Crippen molar-refractivity contribution in [2.75, 3.05) is 6.61 Å². The van der Waals surface area contributed by atoms with Crippen LogP contribution in [0.25, 0.3) is 26.6 Å². The molecule has 1 radical (unpaired) electrons. The minimum Gasteiger partial charge on any atom is -0.483 e. The average Bonchev–Trinajstić information content (AvgIpc) is 3.02. The third-order valence-corrected chi connectivity index (χ3v) is 4.88. The molecule has 1 heterocycles. The van der Waals surface area contributed by atoms with Crippen LogP contribution in [0.1, 0.15) is 11.1 Å². The molecular formula is C20H15O4SY-. The molecule has 0 atom stereocenters. The fourth-order valence-corrected chi connectivity index (χ4v) is 3.74. The van der Waals surface area contributed by atoms with Gasteiger partial charge in [-0.15, -0.1) is 11.3 Å². The van der Waals surface area contributed by atoms with Crippen LogP contribution in [0, 0.1) is 6.92 Å². The zero-order valence-electron chi connectivity index (χ0n) is 14.1. The molecule has 0 aliphatic rings. The van der Waals surface area contributed by atoms with E-state index in [0.717, 1.165) is 16.0 Å². The van der Waals surface area contributed by atoms with Crippen molar-refractivity contribution in [3.05, 3.63) is 59.7 Å². The summed E-state index contributed by atoms with van der Waals surface area (Å²) in [4.78, 5) is 22.4. The van der Waals surface area contributed by atoms with Crippen molar-refractivity contribution < 1.29 is 52.1 Å². The number of aliphatic carboxylic acids is 1. The van der Waals surface area contributed by atoms with Gasteiger partial charge in [0.25, 0.3) is 0 Å². The maximum Gasteiger partial charge on any atom is 0.341 e. The molecule has 4 nitrogen and oxygen atoms in total. The Morgan fingerprint density at radius 3 is 2.73 bits per heavy atom. The van der Waals surface area contributed by atoms with Crippen LogP contribution in [0.2, 0.25) is 0 Å². The fraction of sp³-hybridized carbons (Fsp3) is 0.100. The van der Waals surface area contributed by atoms with Crippen molar-refractivity contribution in [2.24, 2.45) is 0 Å². The van der Waals surface area contributed by atoms with E-state index in [4.69, 9.17) is 9.84 Å². The Labute approximate surface area is 180 Å². The molecule has 129 valence electrons. The number of hydrogen-bond acceptors (Lipinski definition) is 4. The van der Waals surface area contributed by atoms with Gasteiger partial charge in [-0.3, -0.25) is 0 Å². The molecular weight excluding hydrogens is 425 g/mol. The van der Waals surface area contributed by atoms with Crippen molar-refractivity contribution in [1.82, 2.24) is 0 Å². The summed E-state index contributed by atoms with van der Waals surface area (Å²) in [5.74, 6) is -0.626. The van der Waals surface area contributed by atoms with Gasteiger partial charge < -0.3 is 14.6 Å². The van der Waals surface area contributed by atoms with E-state index in [2.05, 4.69) is 18.2 Å². The van der Waals surface area contributed by atoms with E-state index in [0.29, 0.717) is 11.3 Å². The van der Waals surface area contributed by atoms with E-state index in [-0.39, 0.29) is 32.7 Å². The number of ether oxygens (including phenoxy) is 1. The second-order valence-corrected chi connectivity index (χ2v) is 6.57. The Morgan fingerprint density at radius 2 is 2.04 bits per heavy atom. The zero-order chi connectivity index (χ0) is 17.8. The van der Waals surface area contributed by atoms with Gasteiger partial charge in [0.2, 0.25) is 0 Å². The Morgan fingerprint density at radius 1 is 1.27 bits per heavy atom. The van der Waals surface area contributed by atoms with Crippen LogP contribution in [0.15, 0.2) is 48.5 Å². The summed E-state index contributed by atoms with van der Waals surface area (Å²) in [6, 6.07) is 14.0. The number of carbonyl (C=O) groups excluding carboxylic acids is 1. The van der Waals surface area contributed by atoms with Gasteiger partial charge >= 0.3 is 5.97 Å². The molecule has 0 unspecified atom stereocenters. The van der Waals surface area contributed by atoms with Crippen LogP contribution in [0.5, 0.6) is 5.75 Å². The number of allylic oxidation sites excluding steroid dienone is 1. The minimum absolute atomic E-state index is 0. The number of aryl methyl sites for hydroxylation is 1. The van der Waals surface area contributed by atoms with Gasteiger partial charge in [-0.2, -0.15) is 12.2 Å². The van der Waals surface area contributed by atoms with Crippen molar-refractivity contribution >= 4 is 39.8 Å². The molecule has 0 bridgehead atoms. The third kappa shape index (κ3) is 4.67. The first-order chi connectivity index (χ1) is 12.1. The van der Waals surface area contributed by atoms with Crippen LogP contribution >= 0.6 is 11.3 Å². The quantitative estimate of drug-likeness (QED) is 0.454. The Kier molecular flexibility index (Phi) is 7.27. The summed E-state index contributed by atoms with van der Waals surface area (Å²) < 4.78 is 6.54. The van der Waals surface area contributed by atoms with Gasteiger partial charge in [0.05, 0.1) is 0 Å². The number of carbonyl (C=O) groups is 1. The van der Waals surface area contributed by atoms with Crippen LogP contribution < -0.4 is 4.74 Å². The maximum atomic E-state index is 10.8. The molecule has 1 N–H and O–H groups in total. The molecule has 0 saturated carbocycles. The van der Waals surface area contributed by atoms with E-state index in [1.807, 2.05) is 25.1 Å². The van der Waals surface area contributed by atoms with E-state index in [1.54, 1.807) is 29.8 Å². The predicted octanol–water partition coefficient (Wildman–Crippen LogP) is 4.46. The molecule has 0 amide bonds. The van der Waals surface area contributed by atoms with Crippen molar-refractivity contribution in [2.45, 2.75) is 6.92 Å². The summed E-state index contributed by atoms with van der Waals surface area (Å²) in [6.07, 6.45) is 4.52. The minimum atomic E-state index is -1.05. The summed E-state index contributed by atoms with van der Waals surface area (Å²) >= 11 is 1.68. The summed E-state index contributed by atoms with van der Waals surface area (Å²) in [7, 11) is 0. The van der Waals surface area contributed by atoms with E-state index in [1.165, 1.54) is 16.2 Å². The topological polar surface area (TPSA) is 63.6 Å². The van der Waals surface area contributed by atoms with Gasteiger partial charge in [-0.25, -0.2) is 4.79 Å². The largest absolute Gasteiger partial charge is 0.483 e. The molecule has 0 aliphatic carbocycles. The number of thiophene rings is 1. The first kappa shape index (κ1) is 20.5. The third-order valence-electron chi connectivity index (χ3n) is 3.73. The van der Waals surface area contributed by atoms with Crippen molar-refractivity contribution in [3.8, 4) is 16.2 Å². The van der Waals surface area contributed by atoms with Gasteiger partial charge in [-0.1, -0.05) is 29.8 Å². The molecule has 0 spiro atoms. The number of hydrogen-bond donors (Lipinski definition) is 1. The van der Waals surface area contributed by atoms with E-state index in [9.17, 15) is 9.59 Å². The van der Waals surface area contributed by atoms with Gasteiger partial charge in [0.15, 0.2) is 6.61 Å². The van der Waals surface area contributed by atoms with Crippen LogP contribution in [0.3, 0.4) is 0 Å². The van der Waals surface area contributed by atoms with Crippen LogP contribution in [-0.2, 0) is 42.3 Å². The van der Waals surface area contributed by atoms with Crippen LogP contribution in [-0.4, -0.2) is 24.0 Å².